The smallest absolute Gasteiger partial charge is 0.261 e. The SMILES string of the molecule is CN(C)c1ccc(NS(=O)(=O)c2ccc(NN)cc2)cc1. The van der Waals surface area contributed by atoms with Crippen molar-refractivity contribution in [2.75, 3.05) is 29.1 Å². The van der Waals surface area contributed by atoms with E-state index in [9.17, 15) is 8.42 Å². The number of hydrogen-bond donors (Lipinski definition) is 3. The maximum atomic E-state index is 12.2. The van der Waals surface area contributed by atoms with E-state index in [2.05, 4.69) is 10.1 Å². The Balaban J connectivity index is 2.19. The third-order valence-electron chi connectivity index (χ3n) is 2.97. The Morgan fingerprint density at radius 1 is 0.905 bits per heavy atom. The molecule has 0 atom stereocenters. The van der Waals surface area contributed by atoms with Gasteiger partial charge in [-0.3, -0.25) is 10.6 Å². The summed E-state index contributed by atoms with van der Waals surface area (Å²) in [5, 5.41) is 0. The fourth-order valence-electron chi connectivity index (χ4n) is 1.77. The Morgan fingerprint density at radius 3 is 1.90 bits per heavy atom. The average Bonchev–Trinajstić information content (AvgIpc) is 2.47. The molecule has 0 radical (unpaired) electrons. The summed E-state index contributed by atoms with van der Waals surface area (Å²) in [6.07, 6.45) is 0. The predicted octanol–water partition coefficient (Wildman–Crippen LogP) is 1.84. The van der Waals surface area contributed by atoms with E-state index >= 15 is 0 Å². The van der Waals surface area contributed by atoms with Gasteiger partial charge in [0.1, 0.15) is 0 Å². The molecule has 2 aromatic carbocycles. The summed E-state index contributed by atoms with van der Waals surface area (Å²) in [5.41, 5.74) is 4.61. The van der Waals surface area contributed by atoms with Gasteiger partial charge in [0.25, 0.3) is 10.0 Å². The number of anilines is 3. The second kappa shape index (κ2) is 6.02. The minimum absolute atomic E-state index is 0.179. The van der Waals surface area contributed by atoms with E-state index in [1.54, 1.807) is 24.3 Å². The van der Waals surface area contributed by atoms with Gasteiger partial charge < -0.3 is 10.3 Å². The van der Waals surface area contributed by atoms with Crippen molar-refractivity contribution in [1.82, 2.24) is 0 Å². The highest BCUT2D eigenvalue weighted by atomic mass is 32.2. The summed E-state index contributed by atoms with van der Waals surface area (Å²) in [4.78, 5) is 2.12. The third-order valence-corrected chi connectivity index (χ3v) is 4.36. The van der Waals surface area contributed by atoms with Gasteiger partial charge in [0, 0.05) is 31.2 Å². The van der Waals surface area contributed by atoms with E-state index in [1.807, 2.05) is 31.1 Å². The van der Waals surface area contributed by atoms with Crippen LogP contribution in [0.5, 0.6) is 0 Å². The molecular weight excluding hydrogens is 288 g/mol. The first-order valence-corrected chi connectivity index (χ1v) is 7.77. The van der Waals surface area contributed by atoms with Crippen LogP contribution in [-0.2, 0) is 10.0 Å². The van der Waals surface area contributed by atoms with Gasteiger partial charge in [0.05, 0.1) is 4.90 Å². The Morgan fingerprint density at radius 2 is 1.43 bits per heavy atom. The van der Waals surface area contributed by atoms with E-state index in [1.165, 1.54) is 12.1 Å². The van der Waals surface area contributed by atoms with Crippen molar-refractivity contribution in [2.24, 2.45) is 5.84 Å². The van der Waals surface area contributed by atoms with Gasteiger partial charge in [-0.05, 0) is 48.5 Å². The molecule has 112 valence electrons. The molecule has 0 fully saturated rings. The van der Waals surface area contributed by atoms with Crippen LogP contribution in [0, 0.1) is 0 Å². The highest BCUT2D eigenvalue weighted by molar-refractivity contribution is 7.92. The zero-order valence-electron chi connectivity index (χ0n) is 11.9. The normalized spacial score (nSPS) is 11.0. The van der Waals surface area contributed by atoms with Gasteiger partial charge >= 0.3 is 0 Å². The van der Waals surface area contributed by atoms with Crippen LogP contribution in [0.15, 0.2) is 53.4 Å². The molecule has 0 aliphatic carbocycles. The van der Waals surface area contributed by atoms with Crippen molar-refractivity contribution in [3.05, 3.63) is 48.5 Å². The van der Waals surface area contributed by atoms with Crippen LogP contribution in [0.4, 0.5) is 17.1 Å². The lowest BCUT2D eigenvalue weighted by Crippen LogP contribution is -2.14. The lowest BCUT2D eigenvalue weighted by atomic mass is 10.3. The minimum atomic E-state index is -3.60. The van der Waals surface area contributed by atoms with Crippen LogP contribution in [0.1, 0.15) is 0 Å². The van der Waals surface area contributed by atoms with Crippen LogP contribution < -0.4 is 20.9 Å². The van der Waals surface area contributed by atoms with Crippen LogP contribution in [0.25, 0.3) is 0 Å². The number of nitrogen functional groups attached to an aromatic ring is 1. The molecule has 6 nitrogen and oxygen atoms in total. The second-order valence-corrected chi connectivity index (χ2v) is 6.40. The zero-order chi connectivity index (χ0) is 15.5. The van der Waals surface area contributed by atoms with Crippen LogP contribution in [0.2, 0.25) is 0 Å². The quantitative estimate of drug-likeness (QED) is 0.579. The first-order chi connectivity index (χ1) is 9.92. The molecule has 0 aliphatic heterocycles. The molecule has 0 saturated carbocycles. The third kappa shape index (κ3) is 3.65. The van der Waals surface area contributed by atoms with Gasteiger partial charge in [-0.2, -0.15) is 0 Å². The number of nitrogens with one attached hydrogen (secondary N) is 2. The highest BCUT2D eigenvalue weighted by Crippen LogP contribution is 2.20. The number of nitrogens with two attached hydrogens (primary N) is 1. The van der Waals surface area contributed by atoms with Gasteiger partial charge in [0.15, 0.2) is 0 Å². The molecule has 0 heterocycles. The van der Waals surface area contributed by atoms with E-state index in [4.69, 9.17) is 5.84 Å². The van der Waals surface area contributed by atoms with Crippen molar-refractivity contribution in [3.63, 3.8) is 0 Å². The van der Waals surface area contributed by atoms with E-state index < -0.39 is 10.0 Å². The molecule has 0 saturated heterocycles. The summed E-state index contributed by atoms with van der Waals surface area (Å²) < 4.78 is 27.0. The van der Waals surface area contributed by atoms with Crippen molar-refractivity contribution in [2.45, 2.75) is 4.90 Å². The van der Waals surface area contributed by atoms with E-state index in [0.717, 1.165) is 5.69 Å². The second-order valence-electron chi connectivity index (χ2n) is 4.72. The highest BCUT2D eigenvalue weighted by Gasteiger charge is 2.13. The van der Waals surface area contributed by atoms with Crippen molar-refractivity contribution < 1.29 is 8.42 Å². The molecule has 0 spiro atoms. The van der Waals surface area contributed by atoms with E-state index in [-0.39, 0.29) is 4.90 Å². The predicted molar refractivity (Wildman–Crippen MR) is 85.8 cm³/mol. The molecule has 0 aliphatic rings. The molecule has 0 bridgehead atoms. The number of rotatable bonds is 5. The Kier molecular flexibility index (Phi) is 4.35. The monoisotopic (exact) mass is 306 g/mol. The number of hydrogen-bond acceptors (Lipinski definition) is 5. The molecule has 0 aromatic heterocycles. The van der Waals surface area contributed by atoms with Crippen molar-refractivity contribution in [3.8, 4) is 0 Å². The van der Waals surface area contributed by atoms with Crippen LogP contribution in [-0.4, -0.2) is 22.5 Å². The first-order valence-electron chi connectivity index (χ1n) is 6.29. The van der Waals surface area contributed by atoms with E-state index in [0.29, 0.717) is 11.4 Å². The molecule has 7 heteroatoms. The Bertz CT molecular complexity index is 695. The van der Waals surface area contributed by atoms with Crippen LogP contribution in [0.3, 0.4) is 0 Å². The molecule has 2 aromatic rings. The molecule has 0 unspecified atom stereocenters. The molecule has 2 rings (SSSR count). The lowest BCUT2D eigenvalue weighted by molar-refractivity contribution is 0.601. The van der Waals surface area contributed by atoms with Gasteiger partial charge in [0.2, 0.25) is 0 Å². The molecule has 4 N–H and O–H groups in total. The van der Waals surface area contributed by atoms with Crippen molar-refractivity contribution >= 4 is 27.1 Å². The summed E-state index contributed by atoms with van der Waals surface area (Å²) in [6.45, 7) is 0. The Hall–Kier alpha value is -2.25. The number of benzene rings is 2. The first kappa shape index (κ1) is 15.1. The zero-order valence-corrected chi connectivity index (χ0v) is 12.7. The molecular formula is C14H18N4O2S. The number of sulfonamides is 1. The lowest BCUT2D eigenvalue weighted by Gasteiger charge is -2.13. The summed E-state index contributed by atoms with van der Waals surface area (Å²) >= 11 is 0. The molecule has 0 amide bonds. The minimum Gasteiger partial charge on any atom is -0.378 e. The maximum absolute atomic E-state index is 12.2. The summed E-state index contributed by atoms with van der Waals surface area (Å²) in [5.74, 6) is 5.25. The van der Waals surface area contributed by atoms with Gasteiger partial charge in [-0.15, -0.1) is 0 Å². The number of nitrogens with zero attached hydrogens (tertiary/aromatic N) is 1. The summed E-state index contributed by atoms with van der Waals surface area (Å²) in [7, 11) is 0.242. The van der Waals surface area contributed by atoms with Gasteiger partial charge in [-0.25, -0.2) is 8.42 Å². The topological polar surface area (TPSA) is 87.5 Å². The largest absolute Gasteiger partial charge is 0.378 e. The fourth-order valence-corrected chi connectivity index (χ4v) is 2.83. The fraction of sp³-hybridized carbons (Fsp3) is 0.143. The average molecular weight is 306 g/mol. The van der Waals surface area contributed by atoms with Crippen LogP contribution >= 0.6 is 0 Å². The Labute approximate surface area is 124 Å². The standard InChI is InChI=1S/C14H18N4O2S/c1-18(2)13-7-3-12(4-8-13)17-21(19,20)14-9-5-11(16-15)6-10-14/h3-10,16-17H,15H2,1-2H3. The van der Waals surface area contributed by atoms with Gasteiger partial charge in [-0.1, -0.05) is 0 Å². The summed E-state index contributed by atoms with van der Waals surface area (Å²) in [6, 6.07) is 13.3. The molecule has 21 heavy (non-hydrogen) atoms. The van der Waals surface area contributed by atoms with Crippen molar-refractivity contribution in [1.29, 1.82) is 0 Å². The maximum Gasteiger partial charge on any atom is 0.261 e. The number of hydrazine groups is 1.